The van der Waals surface area contributed by atoms with Crippen LogP contribution in [0.3, 0.4) is 0 Å². The molecule has 0 unspecified atom stereocenters. The van der Waals surface area contributed by atoms with Crippen molar-refractivity contribution in [2.45, 2.75) is 19.8 Å². The molecule has 4 rings (SSSR count). The number of aliphatic carboxylic acids is 1. The van der Waals surface area contributed by atoms with E-state index in [1.807, 2.05) is 25.1 Å². The van der Waals surface area contributed by atoms with Gasteiger partial charge in [0.25, 0.3) is 5.91 Å². The number of carboxylic acid groups (broad SMARTS) is 1. The van der Waals surface area contributed by atoms with Gasteiger partial charge >= 0.3 is 12.0 Å². The number of amides is 5. The molecule has 11 heteroatoms. The molecule has 0 fully saturated rings. The van der Waals surface area contributed by atoms with Crippen LogP contribution in [0.2, 0.25) is 0 Å². The highest BCUT2D eigenvalue weighted by Gasteiger charge is 2.30. The standard InChI is InChI=1S/C29H29N5O6/c1-18-5-3-4-6-23(18)32-29(40)31-21-10-8-20(9-11-21)30-25(35)16-19-7-12-24-22(15-19)28(39)34(14-13-27(37)38)17-26(36)33(24)2/h3-12,15H,13-14,16-17H2,1-2H3,(H,30,35)(H,37,38)(H2,31,32,40). The number of urea groups is 1. The van der Waals surface area contributed by atoms with Crippen molar-refractivity contribution < 1.29 is 29.1 Å². The zero-order valence-corrected chi connectivity index (χ0v) is 22.1. The number of likely N-dealkylation sites (N-methyl/N-ethyl adjacent to an activating group) is 1. The van der Waals surface area contributed by atoms with Crippen molar-refractivity contribution in [3.63, 3.8) is 0 Å². The summed E-state index contributed by atoms with van der Waals surface area (Å²) >= 11 is 0. The first kappa shape index (κ1) is 27.8. The molecule has 0 bridgehead atoms. The summed E-state index contributed by atoms with van der Waals surface area (Å²) in [5, 5.41) is 17.3. The van der Waals surface area contributed by atoms with Gasteiger partial charge in [0.2, 0.25) is 11.8 Å². The van der Waals surface area contributed by atoms with Crippen molar-refractivity contribution in [2.24, 2.45) is 0 Å². The van der Waals surface area contributed by atoms with Crippen molar-refractivity contribution >= 4 is 52.5 Å². The predicted octanol–water partition coefficient (Wildman–Crippen LogP) is 3.71. The van der Waals surface area contributed by atoms with E-state index in [0.29, 0.717) is 28.3 Å². The van der Waals surface area contributed by atoms with Crippen molar-refractivity contribution in [3.8, 4) is 0 Å². The lowest BCUT2D eigenvalue weighted by Crippen LogP contribution is -2.38. The first-order chi connectivity index (χ1) is 19.1. The smallest absolute Gasteiger partial charge is 0.323 e. The van der Waals surface area contributed by atoms with E-state index < -0.39 is 17.9 Å². The molecule has 1 aliphatic heterocycles. The van der Waals surface area contributed by atoms with Crippen LogP contribution in [0.25, 0.3) is 0 Å². The molecular formula is C29H29N5O6. The number of nitrogens with one attached hydrogen (secondary N) is 3. The molecule has 0 aliphatic carbocycles. The van der Waals surface area contributed by atoms with Crippen LogP contribution in [0, 0.1) is 6.92 Å². The second-order valence-corrected chi connectivity index (χ2v) is 9.37. The molecule has 0 aromatic heterocycles. The molecule has 1 aliphatic rings. The van der Waals surface area contributed by atoms with Gasteiger partial charge in [0, 0.05) is 30.7 Å². The first-order valence-corrected chi connectivity index (χ1v) is 12.5. The molecular weight excluding hydrogens is 514 g/mol. The molecule has 0 saturated carbocycles. The maximum Gasteiger partial charge on any atom is 0.323 e. The summed E-state index contributed by atoms with van der Waals surface area (Å²) in [5.74, 6) is -2.21. The topological polar surface area (TPSA) is 148 Å². The number of para-hydroxylation sites is 1. The SMILES string of the molecule is Cc1ccccc1NC(=O)Nc1ccc(NC(=O)Cc2ccc3c(c2)C(=O)N(CCC(=O)O)CC(=O)N3C)cc1. The zero-order chi connectivity index (χ0) is 28.8. The summed E-state index contributed by atoms with van der Waals surface area (Å²) in [6.07, 6.45) is -0.321. The van der Waals surface area contributed by atoms with Gasteiger partial charge in [-0.25, -0.2) is 4.79 Å². The van der Waals surface area contributed by atoms with E-state index >= 15 is 0 Å². The molecule has 40 heavy (non-hydrogen) atoms. The summed E-state index contributed by atoms with van der Waals surface area (Å²) in [4.78, 5) is 64.2. The summed E-state index contributed by atoms with van der Waals surface area (Å²) in [7, 11) is 1.55. The number of hydrogen-bond acceptors (Lipinski definition) is 5. The maximum absolute atomic E-state index is 13.1. The Hall–Kier alpha value is -5.19. The van der Waals surface area contributed by atoms with Gasteiger partial charge in [-0.15, -0.1) is 0 Å². The van der Waals surface area contributed by atoms with E-state index in [2.05, 4.69) is 16.0 Å². The molecule has 0 radical (unpaired) electrons. The Morgan fingerprint density at radius 2 is 1.57 bits per heavy atom. The second-order valence-electron chi connectivity index (χ2n) is 9.37. The van der Waals surface area contributed by atoms with Gasteiger partial charge in [0.1, 0.15) is 6.54 Å². The Bertz CT molecular complexity index is 1470. The third-order valence-electron chi connectivity index (χ3n) is 6.42. The fourth-order valence-electron chi connectivity index (χ4n) is 4.24. The number of aryl methyl sites for hydroxylation is 1. The molecule has 206 valence electrons. The molecule has 4 N–H and O–H groups in total. The quantitative estimate of drug-likeness (QED) is 0.340. The van der Waals surface area contributed by atoms with Gasteiger partial charge in [-0.05, 0) is 60.5 Å². The van der Waals surface area contributed by atoms with E-state index in [4.69, 9.17) is 5.11 Å². The number of anilines is 4. The Morgan fingerprint density at radius 1 is 0.900 bits per heavy atom. The molecule has 0 saturated heterocycles. The fraction of sp³-hybridized carbons (Fsp3) is 0.207. The number of benzene rings is 3. The fourth-order valence-corrected chi connectivity index (χ4v) is 4.24. The second kappa shape index (κ2) is 12.1. The van der Waals surface area contributed by atoms with E-state index in [1.165, 1.54) is 9.80 Å². The number of carbonyl (C=O) groups is 5. The number of rotatable bonds is 8. The first-order valence-electron chi connectivity index (χ1n) is 12.5. The normalized spacial score (nSPS) is 12.8. The van der Waals surface area contributed by atoms with E-state index in [0.717, 1.165) is 5.56 Å². The average molecular weight is 544 g/mol. The highest BCUT2D eigenvalue weighted by atomic mass is 16.4. The van der Waals surface area contributed by atoms with Crippen molar-refractivity contribution in [2.75, 3.05) is 41.0 Å². The van der Waals surface area contributed by atoms with E-state index in [9.17, 15) is 24.0 Å². The van der Waals surface area contributed by atoms with Crippen molar-refractivity contribution in [1.82, 2.24) is 4.90 Å². The van der Waals surface area contributed by atoms with Crippen LogP contribution in [0.4, 0.5) is 27.5 Å². The average Bonchev–Trinajstić information content (AvgIpc) is 3.00. The largest absolute Gasteiger partial charge is 0.481 e. The molecule has 3 aromatic rings. The highest BCUT2D eigenvalue weighted by Crippen LogP contribution is 2.26. The number of fused-ring (bicyclic) bond motifs is 1. The van der Waals surface area contributed by atoms with Crippen LogP contribution in [-0.4, -0.2) is 59.9 Å². The predicted molar refractivity (Wildman–Crippen MR) is 151 cm³/mol. The molecule has 0 spiro atoms. The maximum atomic E-state index is 13.1. The van der Waals surface area contributed by atoms with Gasteiger partial charge in [0.05, 0.1) is 24.1 Å². The summed E-state index contributed by atoms with van der Waals surface area (Å²) in [5.41, 5.74) is 3.87. The van der Waals surface area contributed by atoms with Crippen LogP contribution < -0.4 is 20.9 Å². The van der Waals surface area contributed by atoms with Gasteiger partial charge in [-0.2, -0.15) is 0 Å². The Morgan fingerprint density at radius 3 is 2.25 bits per heavy atom. The lowest BCUT2D eigenvalue weighted by atomic mass is 10.0. The van der Waals surface area contributed by atoms with Crippen molar-refractivity contribution in [3.05, 3.63) is 83.4 Å². The third kappa shape index (κ3) is 6.81. The molecule has 0 atom stereocenters. The minimum atomic E-state index is -1.07. The Kier molecular flexibility index (Phi) is 8.43. The Balaban J connectivity index is 1.38. The van der Waals surface area contributed by atoms with Gasteiger partial charge in [-0.3, -0.25) is 19.2 Å². The molecule has 11 nitrogen and oxygen atoms in total. The lowest BCUT2D eigenvalue weighted by molar-refractivity contribution is -0.137. The van der Waals surface area contributed by atoms with Gasteiger partial charge in [0.15, 0.2) is 0 Å². The van der Waals surface area contributed by atoms with E-state index in [-0.39, 0.29) is 43.3 Å². The number of hydrogen-bond donors (Lipinski definition) is 4. The number of carbonyl (C=O) groups excluding carboxylic acids is 4. The molecule has 1 heterocycles. The lowest BCUT2D eigenvalue weighted by Gasteiger charge is -2.19. The van der Waals surface area contributed by atoms with Crippen LogP contribution >= 0.6 is 0 Å². The van der Waals surface area contributed by atoms with Crippen LogP contribution in [0.1, 0.15) is 27.9 Å². The van der Waals surface area contributed by atoms with Crippen molar-refractivity contribution in [1.29, 1.82) is 0 Å². The summed E-state index contributed by atoms with van der Waals surface area (Å²) in [6, 6.07) is 18.5. The van der Waals surface area contributed by atoms with Gasteiger partial charge in [-0.1, -0.05) is 24.3 Å². The number of carboxylic acids is 1. The highest BCUT2D eigenvalue weighted by molar-refractivity contribution is 6.09. The third-order valence-corrected chi connectivity index (χ3v) is 6.42. The molecule has 3 aromatic carbocycles. The summed E-state index contributed by atoms with van der Waals surface area (Å²) in [6.45, 7) is 1.56. The summed E-state index contributed by atoms with van der Waals surface area (Å²) < 4.78 is 0. The number of nitrogens with zero attached hydrogens (tertiary/aromatic N) is 2. The van der Waals surface area contributed by atoms with E-state index in [1.54, 1.807) is 55.6 Å². The minimum Gasteiger partial charge on any atom is -0.481 e. The van der Waals surface area contributed by atoms with Crippen LogP contribution in [0.5, 0.6) is 0 Å². The zero-order valence-electron chi connectivity index (χ0n) is 22.1. The van der Waals surface area contributed by atoms with Gasteiger partial charge < -0.3 is 30.9 Å². The monoisotopic (exact) mass is 543 g/mol. The van der Waals surface area contributed by atoms with Crippen LogP contribution in [0.15, 0.2) is 66.7 Å². The minimum absolute atomic E-state index is 0.0355. The van der Waals surface area contributed by atoms with Crippen LogP contribution in [-0.2, 0) is 20.8 Å². The Labute approximate surface area is 230 Å². The molecule has 5 amide bonds.